The van der Waals surface area contributed by atoms with Crippen molar-refractivity contribution in [2.45, 2.75) is 48.4 Å². The molecule has 1 nitrogen and oxygen atoms in total. The van der Waals surface area contributed by atoms with Gasteiger partial charge in [0.1, 0.15) is 0 Å². The van der Waals surface area contributed by atoms with Crippen LogP contribution in [0, 0.1) is 0 Å². The zero-order valence-corrected chi connectivity index (χ0v) is 10.8. The molecule has 1 aromatic carbocycles. The highest BCUT2D eigenvalue weighted by atomic mass is 35.5. The molecule has 2 atom stereocenters. The van der Waals surface area contributed by atoms with Gasteiger partial charge in [-0.25, -0.2) is 0 Å². The third-order valence-electron chi connectivity index (χ3n) is 3.02. The standard InChI is InChI=1S/C13H17ClOS/c14-10-6-8-11(9-7-10)16-13-5-3-1-2-4-12(13)15/h6-9,12-13,15H,1-5H2. The fourth-order valence-corrected chi connectivity index (χ4v) is 3.43. The van der Waals surface area contributed by atoms with Crippen molar-refractivity contribution < 1.29 is 5.11 Å². The van der Waals surface area contributed by atoms with E-state index in [4.69, 9.17) is 11.6 Å². The lowest BCUT2D eigenvalue weighted by atomic mass is 10.1. The molecule has 1 N–H and O–H groups in total. The van der Waals surface area contributed by atoms with Crippen LogP contribution >= 0.6 is 23.4 Å². The van der Waals surface area contributed by atoms with Crippen LogP contribution in [-0.2, 0) is 0 Å². The smallest absolute Gasteiger partial charge is 0.0662 e. The summed E-state index contributed by atoms with van der Waals surface area (Å²) >= 11 is 7.64. The fraction of sp³-hybridized carbons (Fsp3) is 0.538. The van der Waals surface area contributed by atoms with Crippen LogP contribution in [0.25, 0.3) is 0 Å². The van der Waals surface area contributed by atoms with Gasteiger partial charge < -0.3 is 5.11 Å². The summed E-state index contributed by atoms with van der Waals surface area (Å²) in [5.41, 5.74) is 0. The predicted molar refractivity (Wildman–Crippen MR) is 70.2 cm³/mol. The largest absolute Gasteiger partial charge is 0.392 e. The van der Waals surface area contributed by atoms with Crippen LogP contribution in [0.3, 0.4) is 0 Å². The van der Waals surface area contributed by atoms with Crippen LogP contribution in [0.5, 0.6) is 0 Å². The Labute approximate surface area is 106 Å². The van der Waals surface area contributed by atoms with Crippen LogP contribution < -0.4 is 0 Å². The van der Waals surface area contributed by atoms with Crippen molar-refractivity contribution in [1.82, 2.24) is 0 Å². The number of aliphatic hydroxyl groups excluding tert-OH is 1. The lowest BCUT2D eigenvalue weighted by Gasteiger charge is -2.19. The van der Waals surface area contributed by atoms with Gasteiger partial charge in [0.05, 0.1) is 6.10 Å². The van der Waals surface area contributed by atoms with Gasteiger partial charge in [0, 0.05) is 15.2 Å². The molecular weight excluding hydrogens is 240 g/mol. The highest BCUT2D eigenvalue weighted by Gasteiger charge is 2.22. The summed E-state index contributed by atoms with van der Waals surface area (Å²) in [5, 5.41) is 11.1. The average Bonchev–Trinajstić information content (AvgIpc) is 2.48. The first kappa shape index (κ1) is 12.3. The molecule has 88 valence electrons. The maximum absolute atomic E-state index is 10.0. The molecule has 2 rings (SSSR count). The van der Waals surface area contributed by atoms with E-state index in [-0.39, 0.29) is 6.10 Å². The normalized spacial score (nSPS) is 26.4. The number of rotatable bonds is 2. The summed E-state index contributed by atoms with van der Waals surface area (Å²) in [6.45, 7) is 0. The number of aliphatic hydroxyl groups is 1. The van der Waals surface area contributed by atoms with Crippen molar-refractivity contribution in [3.63, 3.8) is 0 Å². The van der Waals surface area contributed by atoms with Gasteiger partial charge in [-0.1, -0.05) is 30.9 Å². The highest BCUT2D eigenvalue weighted by molar-refractivity contribution is 8.00. The van der Waals surface area contributed by atoms with Crippen molar-refractivity contribution >= 4 is 23.4 Å². The first-order valence-corrected chi connectivity index (χ1v) is 7.12. The zero-order valence-electron chi connectivity index (χ0n) is 9.23. The van der Waals surface area contributed by atoms with E-state index in [9.17, 15) is 5.11 Å². The molecule has 0 aromatic heterocycles. The SMILES string of the molecule is OC1CCCCCC1Sc1ccc(Cl)cc1. The van der Waals surface area contributed by atoms with Gasteiger partial charge in [-0.3, -0.25) is 0 Å². The minimum atomic E-state index is -0.150. The van der Waals surface area contributed by atoms with E-state index in [1.54, 1.807) is 11.8 Å². The summed E-state index contributed by atoms with van der Waals surface area (Å²) in [5.74, 6) is 0. The molecule has 1 aliphatic carbocycles. The zero-order chi connectivity index (χ0) is 11.4. The molecule has 2 unspecified atom stereocenters. The second kappa shape index (κ2) is 5.95. The molecule has 0 amide bonds. The molecule has 16 heavy (non-hydrogen) atoms. The summed E-state index contributed by atoms with van der Waals surface area (Å²) < 4.78 is 0. The Morgan fingerprint density at radius 1 is 1.06 bits per heavy atom. The van der Waals surface area contributed by atoms with Crippen LogP contribution in [0.2, 0.25) is 5.02 Å². The molecular formula is C13H17ClOS. The van der Waals surface area contributed by atoms with Crippen molar-refractivity contribution in [3.8, 4) is 0 Å². The molecule has 0 bridgehead atoms. The Morgan fingerprint density at radius 3 is 2.50 bits per heavy atom. The van der Waals surface area contributed by atoms with Crippen LogP contribution in [0.15, 0.2) is 29.2 Å². The maximum Gasteiger partial charge on any atom is 0.0662 e. The molecule has 0 aliphatic heterocycles. The molecule has 1 saturated carbocycles. The monoisotopic (exact) mass is 256 g/mol. The minimum Gasteiger partial charge on any atom is -0.392 e. The number of hydrogen-bond donors (Lipinski definition) is 1. The second-order valence-electron chi connectivity index (χ2n) is 4.32. The Balaban J connectivity index is 1.99. The van der Waals surface area contributed by atoms with Crippen LogP contribution in [-0.4, -0.2) is 16.5 Å². The molecule has 0 spiro atoms. The van der Waals surface area contributed by atoms with E-state index >= 15 is 0 Å². The first-order valence-electron chi connectivity index (χ1n) is 5.86. The van der Waals surface area contributed by atoms with Gasteiger partial charge in [-0.2, -0.15) is 0 Å². The molecule has 0 radical (unpaired) electrons. The van der Waals surface area contributed by atoms with Gasteiger partial charge in [0.2, 0.25) is 0 Å². The van der Waals surface area contributed by atoms with Crippen molar-refractivity contribution in [1.29, 1.82) is 0 Å². The predicted octanol–water partition coefficient (Wildman–Crippen LogP) is 4.13. The number of thioether (sulfide) groups is 1. The lowest BCUT2D eigenvalue weighted by Crippen LogP contribution is -2.21. The van der Waals surface area contributed by atoms with Gasteiger partial charge >= 0.3 is 0 Å². The second-order valence-corrected chi connectivity index (χ2v) is 6.06. The quantitative estimate of drug-likeness (QED) is 0.803. The number of halogens is 1. The summed E-state index contributed by atoms with van der Waals surface area (Å²) in [7, 11) is 0. The summed E-state index contributed by atoms with van der Waals surface area (Å²) in [4.78, 5) is 1.20. The third kappa shape index (κ3) is 3.41. The molecule has 1 aliphatic rings. The van der Waals surface area contributed by atoms with Gasteiger partial charge in [-0.15, -0.1) is 11.8 Å². The van der Waals surface area contributed by atoms with Gasteiger partial charge in [0.15, 0.2) is 0 Å². The molecule has 1 fully saturated rings. The van der Waals surface area contributed by atoms with E-state index in [1.807, 2.05) is 24.3 Å². The van der Waals surface area contributed by atoms with E-state index in [0.29, 0.717) is 5.25 Å². The van der Waals surface area contributed by atoms with Crippen molar-refractivity contribution in [2.24, 2.45) is 0 Å². The lowest BCUT2D eigenvalue weighted by molar-refractivity contribution is 0.163. The third-order valence-corrected chi connectivity index (χ3v) is 4.67. The Kier molecular flexibility index (Phi) is 4.56. The molecule has 0 heterocycles. The molecule has 3 heteroatoms. The molecule has 0 saturated heterocycles. The van der Waals surface area contributed by atoms with E-state index < -0.39 is 0 Å². The highest BCUT2D eigenvalue weighted by Crippen LogP contribution is 2.33. The van der Waals surface area contributed by atoms with Crippen LogP contribution in [0.4, 0.5) is 0 Å². The topological polar surface area (TPSA) is 20.2 Å². The van der Waals surface area contributed by atoms with Crippen molar-refractivity contribution in [3.05, 3.63) is 29.3 Å². The van der Waals surface area contributed by atoms with Gasteiger partial charge in [-0.05, 0) is 37.1 Å². The number of hydrogen-bond acceptors (Lipinski definition) is 2. The maximum atomic E-state index is 10.0. The summed E-state index contributed by atoms with van der Waals surface area (Å²) in [6, 6.07) is 7.88. The Hall–Kier alpha value is -0.180. The average molecular weight is 257 g/mol. The van der Waals surface area contributed by atoms with E-state index in [0.717, 1.165) is 17.9 Å². The van der Waals surface area contributed by atoms with Crippen molar-refractivity contribution in [2.75, 3.05) is 0 Å². The molecule has 1 aromatic rings. The Morgan fingerprint density at radius 2 is 1.75 bits per heavy atom. The number of benzene rings is 1. The van der Waals surface area contributed by atoms with E-state index in [1.165, 1.54) is 24.2 Å². The van der Waals surface area contributed by atoms with Gasteiger partial charge in [0.25, 0.3) is 0 Å². The summed E-state index contributed by atoms with van der Waals surface area (Å²) in [6.07, 6.45) is 5.58. The minimum absolute atomic E-state index is 0.150. The van der Waals surface area contributed by atoms with E-state index in [2.05, 4.69) is 0 Å². The van der Waals surface area contributed by atoms with Crippen LogP contribution in [0.1, 0.15) is 32.1 Å². The first-order chi connectivity index (χ1) is 7.75. The Bertz CT molecular complexity index is 325. The fourth-order valence-electron chi connectivity index (χ4n) is 2.08.